The summed E-state index contributed by atoms with van der Waals surface area (Å²) in [6.07, 6.45) is -0.532. The van der Waals surface area contributed by atoms with Gasteiger partial charge in [0.25, 0.3) is 0 Å². The molecule has 3 aromatic carbocycles. The summed E-state index contributed by atoms with van der Waals surface area (Å²) in [5.41, 5.74) is 2.39. The smallest absolute Gasteiger partial charge is 0.497 e. The molecular weight excluding hydrogens is 596 g/mol. The molecule has 9 nitrogen and oxygen atoms in total. The summed E-state index contributed by atoms with van der Waals surface area (Å²) in [6.45, 7) is 8.07. The van der Waals surface area contributed by atoms with Crippen LogP contribution in [-0.4, -0.2) is 35.3 Å². The van der Waals surface area contributed by atoms with Gasteiger partial charge in [-0.05, 0) is 40.6 Å². The summed E-state index contributed by atoms with van der Waals surface area (Å²) >= 11 is 0. The molecule has 43 heavy (non-hydrogen) atoms. The summed E-state index contributed by atoms with van der Waals surface area (Å²) in [6, 6.07) is 27.5. The Bertz CT molecular complexity index is 1120. The average Bonchev–Trinajstić information content (AvgIpc) is 2.95. The van der Waals surface area contributed by atoms with Crippen LogP contribution in [0.4, 0.5) is 0 Å². The number of rotatable bonds is 12. The molecule has 0 heterocycles. The molecule has 0 aliphatic rings. The van der Waals surface area contributed by atoms with Crippen molar-refractivity contribution in [3.8, 4) is 0 Å². The van der Waals surface area contributed by atoms with E-state index in [2.05, 4.69) is 0 Å². The summed E-state index contributed by atoms with van der Waals surface area (Å²) in [5.74, 6) is -2.17. The fourth-order valence-electron chi connectivity index (χ4n) is 2.73. The van der Waals surface area contributed by atoms with Gasteiger partial charge < -0.3 is 14.2 Å². The van der Waals surface area contributed by atoms with E-state index in [1.54, 1.807) is 36.4 Å². The molecule has 1 radical (unpaired) electrons. The minimum Gasteiger partial charge on any atom is -0.497 e. The number of hydrogen-bond donors (Lipinski definition) is 0. The minimum absolute atomic E-state index is 0. The first-order valence-electron chi connectivity index (χ1n) is 12.8. The predicted molar refractivity (Wildman–Crippen MR) is 154 cm³/mol. The number of esters is 3. The molecule has 10 heteroatoms. The van der Waals surface area contributed by atoms with E-state index in [1.165, 1.54) is 40.6 Å². The van der Waals surface area contributed by atoms with E-state index >= 15 is 0 Å². The van der Waals surface area contributed by atoms with Gasteiger partial charge in [0.1, 0.15) is 36.6 Å². The number of carbonyl (C=O) groups excluding carboxylic acids is 6. The van der Waals surface area contributed by atoms with Gasteiger partial charge in [0.15, 0.2) is 0 Å². The molecule has 0 fully saturated rings. The maximum atomic E-state index is 11.0. The molecule has 0 amide bonds. The van der Waals surface area contributed by atoms with Crippen molar-refractivity contribution in [2.45, 2.75) is 40.0 Å². The number of Topliss-reactive ketones (excluding diaryl/α,β-unsaturated/α-hetero) is 3. The first-order chi connectivity index (χ1) is 20.0. The maximum absolute atomic E-state index is 11.0. The molecule has 0 atom stereocenters. The van der Waals surface area contributed by atoms with Gasteiger partial charge in [-0.15, -0.1) is 36.4 Å². The van der Waals surface area contributed by atoms with E-state index in [0.29, 0.717) is 0 Å². The zero-order valence-corrected chi connectivity index (χ0v) is 25.1. The Morgan fingerprint density at radius 3 is 0.837 bits per heavy atom. The third-order valence-corrected chi connectivity index (χ3v) is 4.56. The molecule has 0 aromatic heterocycles. The maximum Gasteiger partial charge on any atom is 3.00 e. The number of hydrogen-bond acceptors (Lipinski definition) is 9. The topological polar surface area (TPSA) is 130 Å². The Morgan fingerprint density at radius 2 is 0.651 bits per heavy atom. The number of benzene rings is 3. The summed E-state index contributed by atoms with van der Waals surface area (Å²) in [4.78, 5) is 64.5. The van der Waals surface area contributed by atoms with Gasteiger partial charge in [0.05, 0.1) is 0 Å². The van der Waals surface area contributed by atoms with E-state index in [1.807, 2.05) is 54.6 Å². The SMILES string of the molecule is CC(=O)CC(=O)O[CH-]c1ccccc1.CC(=O)CC(=O)O[CH-]c1ccccc1.CC(=O)CC(=O)O[CH-]c1ccccc1.[Fe+3]. The van der Waals surface area contributed by atoms with Crippen LogP contribution in [0.1, 0.15) is 56.7 Å². The molecule has 227 valence electrons. The summed E-state index contributed by atoms with van der Waals surface area (Å²) < 4.78 is 14.3. The van der Waals surface area contributed by atoms with E-state index in [9.17, 15) is 28.8 Å². The van der Waals surface area contributed by atoms with Crippen molar-refractivity contribution in [2.24, 2.45) is 0 Å². The van der Waals surface area contributed by atoms with Crippen molar-refractivity contribution in [2.75, 3.05) is 0 Å². The molecule has 0 saturated carbocycles. The zero-order chi connectivity index (χ0) is 31.2. The molecule has 0 saturated heterocycles. The van der Waals surface area contributed by atoms with Crippen LogP contribution in [0, 0.1) is 19.8 Å². The van der Waals surface area contributed by atoms with Gasteiger partial charge in [-0.2, -0.15) is 53.1 Å². The Morgan fingerprint density at radius 1 is 0.442 bits per heavy atom. The standard InChI is InChI=1S/3C11H11O3.Fe/c3*1-9(12)7-11(13)14-8-10-5-3-2-4-6-10;/h3*2-6,8H,7H2,1H3;/q3*-1;+3. The van der Waals surface area contributed by atoms with Crippen molar-refractivity contribution in [1.29, 1.82) is 0 Å². The van der Waals surface area contributed by atoms with Crippen LogP contribution in [0.5, 0.6) is 0 Å². The van der Waals surface area contributed by atoms with Crippen molar-refractivity contribution in [3.05, 3.63) is 128 Å². The van der Waals surface area contributed by atoms with Gasteiger partial charge in [-0.1, -0.05) is 18.2 Å². The normalized spacial score (nSPS) is 9.00. The van der Waals surface area contributed by atoms with Gasteiger partial charge >= 0.3 is 35.0 Å². The third kappa shape index (κ3) is 21.6. The first kappa shape index (κ1) is 38.2. The van der Waals surface area contributed by atoms with Gasteiger partial charge in [0.2, 0.25) is 0 Å². The van der Waals surface area contributed by atoms with E-state index in [0.717, 1.165) is 16.7 Å². The number of ketones is 3. The van der Waals surface area contributed by atoms with Crippen molar-refractivity contribution >= 4 is 35.3 Å². The number of carbonyl (C=O) groups is 6. The Labute approximate surface area is 262 Å². The fourth-order valence-corrected chi connectivity index (χ4v) is 2.73. The molecule has 0 N–H and O–H groups in total. The second-order valence-corrected chi connectivity index (χ2v) is 8.69. The summed E-state index contributed by atoms with van der Waals surface area (Å²) in [7, 11) is 0. The summed E-state index contributed by atoms with van der Waals surface area (Å²) in [5, 5.41) is 0. The quantitative estimate of drug-likeness (QED) is 0.0878. The Kier molecular flexibility index (Phi) is 20.3. The van der Waals surface area contributed by atoms with E-state index in [-0.39, 0.29) is 53.7 Å². The molecule has 3 rings (SSSR count). The van der Waals surface area contributed by atoms with E-state index < -0.39 is 17.9 Å². The Hall–Kier alpha value is -4.79. The molecule has 0 bridgehead atoms. The molecule has 0 unspecified atom stereocenters. The molecule has 0 aliphatic carbocycles. The van der Waals surface area contributed by atoms with Crippen LogP contribution in [0.15, 0.2) is 91.0 Å². The van der Waals surface area contributed by atoms with Crippen LogP contribution in [0.25, 0.3) is 0 Å². The van der Waals surface area contributed by atoms with Crippen molar-refractivity contribution < 1.29 is 60.0 Å². The third-order valence-electron chi connectivity index (χ3n) is 4.56. The van der Waals surface area contributed by atoms with Crippen LogP contribution in [-0.2, 0) is 60.0 Å². The van der Waals surface area contributed by atoms with Crippen molar-refractivity contribution in [1.82, 2.24) is 0 Å². The van der Waals surface area contributed by atoms with Crippen LogP contribution < -0.4 is 0 Å². The molecule has 0 spiro atoms. The van der Waals surface area contributed by atoms with Crippen LogP contribution in [0.3, 0.4) is 0 Å². The number of ether oxygens (including phenoxy) is 3. The van der Waals surface area contributed by atoms with Gasteiger partial charge in [0, 0.05) is 0 Å². The van der Waals surface area contributed by atoms with Gasteiger partial charge in [-0.25, -0.2) is 0 Å². The average molecular weight is 629 g/mol. The van der Waals surface area contributed by atoms with E-state index in [4.69, 9.17) is 14.2 Å². The zero-order valence-electron chi connectivity index (χ0n) is 24.0. The Balaban J connectivity index is 0.000000608. The van der Waals surface area contributed by atoms with Gasteiger partial charge in [-0.3, -0.25) is 28.8 Å². The van der Waals surface area contributed by atoms with Crippen molar-refractivity contribution in [3.63, 3.8) is 0 Å². The monoisotopic (exact) mass is 629 g/mol. The van der Waals surface area contributed by atoms with Crippen LogP contribution >= 0.6 is 0 Å². The molecule has 3 aromatic rings. The first-order valence-corrected chi connectivity index (χ1v) is 12.8. The molecular formula is C33H33FeO9. The largest absolute Gasteiger partial charge is 3.00 e. The second kappa shape index (κ2) is 22.8. The molecule has 0 aliphatic heterocycles. The predicted octanol–water partition coefficient (Wildman–Crippen LogP) is 5.15. The van der Waals surface area contributed by atoms with Crippen LogP contribution in [0.2, 0.25) is 0 Å². The fraction of sp³-hybridized carbons (Fsp3) is 0.182. The minimum atomic E-state index is -0.527. The second-order valence-electron chi connectivity index (χ2n) is 8.69.